The van der Waals surface area contributed by atoms with Crippen LogP contribution in [0.4, 0.5) is 15.9 Å². The molecule has 0 spiro atoms. The largest absolute Gasteiger partial charge is 0.371 e. The first kappa shape index (κ1) is 19.5. The van der Waals surface area contributed by atoms with Gasteiger partial charge in [0.1, 0.15) is 17.3 Å². The maximum atomic E-state index is 14.9. The molecule has 158 valence electrons. The molecule has 2 aromatic heterocycles. The number of nitrogens with one attached hydrogen (secondary N) is 1. The summed E-state index contributed by atoms with van der Waals surface area (Å²) in [4.78, 5) is 6.52. The number of halogens is 1. The van der Waals surface area contributed by atoms with E-state index in [0.29, 0.717) is 11.6 Å². The van der Waals surface area contributed by atoms with Gasteiger partial charge in [-0.3, -0.25) is 4.98 Å². The molecule has 5 nitrogen and oxygen atoms in total. The fourth-order valence-corrected chi connectivity index (χ4v) is 4.37. The Kier molecular flexibility index (Phi) is 5.28. The maximum absolute atomic E-state index is 14.9. The number of pyridine rings is 1. The second-order valence-electron chi connectivity index (χ2n) is 8.25. The highest BCUT2D eigenvalue weighted by molar-refractivity contribution is 5.84. The molecule has 5 rings (SSSR count). The van der Waals surface area contributed by atoms with Crippen LogP contribution in [0, 0.1) is 18.7 Å². The summed E-state index contributed by atoms with van der Waals surface area (Å²) in [5.41, 5.74) is 2.58. The Balaban J connectivity index is 1.29. The first-order chi connectivity index (χ1) is 15.2. The zero-order chi connectivity index (χ0) is 21.2. The molecule has 0 unspecified atom stereocenters. The molecule has 1 fully saturated rings. The molecule has 0 amide bonds. The van der Waals surface area contributed by atoms with Crippen LogP contribution in [-0.4, -0.2) is 34.4 Å². The van der Waals surface area contributed by atoms with Crippen molar-refractivity contribution in [2.45, 2.75) is 19.8 Å². The summed E-state index contributed by atoms with van der Waals surface area (Å²) in [6, 6.07) is 17.4. The molecule has 2 aromatic carbocycles. The SMILES string of the molecule is Cc1cc(NCC2CCN(c3ccncc3)CC2)n(-c2cc3ccccc3cc2F)n1. The highest BCUT2D eigenvalue weighted by Crippen LogP contribution is 2.27. The highest BCUT2D eigenvalue weighted by atomic mass is 19.1. The van der Waals surface area contributed by atoms with Gasteiger partial charge >= 0.3 is 0 Å². The number of hydrogen-bond acceptors (Lipinski definition) is 4. The third kappa shape index (κ3) is 4.10. The van der Waals surface area contributed by atoms with Gasteiger partial charge in [0, 0.05) is 43.8 Å². The molecule has 0 atom stereocenters. The summed E-state index contributed by atoms with van der Waals surface area (Å²) in [5.74, 6) is 1.14. The van der Waals surface area contributed by atoms with Crippen LogP contribution in [0.15, 0.2) is 67.0 Å². The van der Waals surface area contributed by atoms with Crippen LogP contribution < -0.4 is 10.2 Å². The predicted molar refractivity (Wildman–Crippen MR) is 123 cm³/mol. The molecule has 0 radical (unpaired) electrons. The van der Waals surface area contributed by atoms with Gasteiger partial charge in [-0.15, -0.1) is 0 Å². The van der Waals surface area contributed by atoms with Gasteiger partial charge in [0.05, 0.1) is 5.69 Å². The molecule has 0 saturated carbocycles. The zero-order valence-electron chi connectivity index (χ0n) is 17.6. The van der Waals surface area contributed by atoms with Crippen molar-refractivity contribution in [3.8, 4) is 5.69 Å². The average molecular weight is 416 g/mol. The number of hydrogen-bond donors (Lipinski definition) is 1. The van der Waals surface area contributed by atoms with E-state index < -0.39 is 0 Å². The van der Waals surface area contributed by atoms with Crippen LogP contribution in [0.2, 0.25) is 0 Å². The summed E-state index contributed by atoms with van der Waals surface area (Å²) in [5, 5.41) is 9.99. The van der Waals surface area contributed by atoms with E-state index in [4.69, 9.17) is 0 Å². The number of nitrogens with zero attached hydrogens (tertiary/aromatic N) is 4. The third-order valence-electron chi connectivity index (χ3n) is 6.09. The number of benzene rings is 2. The number of fused-ring (bicyclic) bond motifs is 1. The third-order valence-corrected chi connectivity index (χ3v) is 6.09. The molecule has 3 heterocycles. The van der Waals surface area contributed by atoms with Crippen LogP contribution >= 0.6 is 0 Å². The second-order valence-corrected chi connectivity index (χ2v) is 8.25. The summed E-state index contributed by atoms with van der Waals surface area (Å²) in [6.45, 7) is 4.86. The molecule has 31 heavy (non-hydrogen) atoms. The quantitative estimate of drug-likeness (QED) is 0.487. The smallest absolute Gasteiger partial charge is 0.149 e. The lowest BCUT2D eigenvalue weighted by atomic mass is 9.96. The second kappa shape index (κ2) is 8.38. The lowest BCUT2D eigenvalue weighted by Gasteiger charge is -2.33. The first-order valence-corrected chi connectivity index (χ1v) is 10.8. The molecule has 1 N–H and O–H groups in total. The Bertz CT molecular complexity index is 1180. The van der Waals surface area contributed by atoms with Crippen molar-refractivity contribution >= 4 is 22.3 Å². The topological polar surface area (TPSA) is 46.0 Å². The van der Waals surface area contributed by atoms with Gasteiger partial charge in [-0.25, -0.2) is 9.07 Å². The summed E-state index contributed by atoms with van der Waals surface area (Å²) in [6.07, 6.45) is 5.93. The van der Waals surface area contributed by atoms with E-state index in [-0.39, 0.29) is 5.82 Å². The highest BCUT2D eigenvalue weighted by Gasteiger charge is 2.20. The molecular weight excluding hydrogens is 389 g/mol. The van der Waals surface area contributed by atoms with E-state index in [0.717, 1.165) is 54.8 Å². The van der Waals surface area contributed by atoms with Crippen LogP contribution in [-0.2, 0) is 0 Å². The van der Waals surface area contributed by atoms with Gasteiger partial charge in [-0.1, -0.05) is 24.3 Å². The molecule has 1 saturated heterocycles. The number of aryl methyl sites for hydroxylation is 1. The summed E-state index contributed by atoms with van der Waals surface area (Å²) >= 11 is 0. The zero-order valence-corrected chi connectivity index (χ0v) is 17.6. The van der Waals surface area contributed by atoms with Gasteiger partial charge in [0.15, 0.2) is 0 Å². The molecule has 1 aliphatic heterocycles. The van der Waals surface area contributed by atoms with Gasteiger partial charge in [-0.05, 0) is 60.7 Å². The van der Waals surface area contributed by atoms with E-state index in [1.165, 1.54) is 5.69 Å². The van der Waals surface area contributed by atoms with E-state index in [1.54, 1.807) is 10.7 Å². The Morgan fingerprint density at radius 1 is 1.00 bits per heavy atom. The average Bonchev–Trinajstić information content (AvgIpc) is 3.18. The van der Waals surface area contributed by atoms with Crippen LogP contribution in [0.3, 0.4) is 0 Å². The van der Waals surface area contributed by atoms with Gasteiger partial charge in [-0.2, -0.15) is 5.10 Å². The van der Waals surface area contributed by atoms with E-state index in [9.17, 15) is 4.39 Å². The lowest BCUT2D eigenvalue weighted by molar-refractivity contribution is 0.423. The van der Waals surface area contributed by atoms with Gasteiger partial charge < -0.3 is 10.2 Å². The van der Waals surface area contributed by atoms with E-state index in [2.05, 4.69) is 32.4 Å². The van der Waals surface area contributed by atoms with Crippen LogP contribution in [0.5, 0.6) is 0 Å². The molecule has 4 aromatic rings. The molecule has 6 heteroatoms. The lowest BCUT2D eigenvalue weighted by Crippen LogP contribution is -2.36. The van der Waals surface area contributed by atoms with Crippen molar-refractivity contribution in [1.29, 1.82) is 0 Å². The summed E-state index contributed by atoms with van der Waals surface area (Å²) in [7, 11) is 0. The number of anilines is 2. The minimum atomic E-state index is -0.268. The van der Waals surface area contributed by atoms with Gasteiger partial charge in [0.2, 0.25) is 0 Å². The van der Waals surface area contributed by atoms with Crippen LogP contribution in [0.25, 0.3) is 16.5 Å². The Hall–Kier alpha value is -3.41. The standard InChI is InChI=1S/C25H26FN5/c1-18-14-25(28-17-19-8-12-30(13-9-19)22-6-10-27-11-7-22)31(29-18)24-16-21-5-3-2-4-20(21)15-23(24)26/h2-7,10-11,14-16,19,28H,8-9,12-13,17H2,1H3. The molecular formula is C25H26FN5. The minimum absolute atomic E-state index is 0.268. The monoisotopic (exact) mass is 415 g/mol. The maximum Gasteiger partial charge on any atom is 0.149 e. The molecule has 1 aliphatic rings. The number of piperidine rings is 1. The van der Waals surface area contributed by atoms with E-state index >= 15 is 0 Å². The fourth-order valence-electron chi connectivity index (χ4n) is 4.37. The van der Waals surface area contributed by atoms with Crippen molar-refractivity contribution in [1.82, 2.24) is 14.8 Å². The number of rotatable bonds is 5. The van der Waals surface area contributed by atoms with Crippen molar-refractivity contribution < 1.29 is 4.39 Å². The number of aromatic nitrogens is 3. The van der Waals surface area contributed by atoms with Gasteiger partial charge in [0.25, 0.3) is 0 Å². The van der Waals surface area contributed by atoms with Crippen molar-refractivity contribution in [2.24, 2.45) is 5.92 Å². The minimum Gasteiger partial charge on any atom is -0.371 e. The molecule has 0 bridgehead atoms. The normalized spacial score (nSPS) is 14.8. The fraction of sp³-hybridized carbons (Fsp3) is 0.280. The van der Waals surface area contributed by atoms with Crippen molar-refractivity contribution in [2.75, 3.05) is 29.9 Å². The molecule has 0 aliphatic carbocycles. The van der Waals surface area contributed by atoms with Crippen molar-refractivity contribution in [3.05, 3.63) is 78.5 Å². The predicted octanol–water partition coefficient (Wildman–Crippen LogP) is 5.20. The van der Waals surface area contributed by atoms with E-state index in [1.807, 2.05) is 55.7 Å². The first-order valence-electron chi connectivity index (χ1n) is 10.8. The summed E-state index contributed by atoms with van der Waals surface area (Å²) < 4.78 is 16.6. The van der Waals surface area contributed by atoms with Crippen LogP contribution in [0.1, 0.15) is 18.5 Å². The van der Waals surface area contributed by atoms with Crippen molar-refractivity contribution in [3.63, 3.8) is 0 Å². The Labute approximate surface area is 181 Å². The Morgan fingerprint density at radius 2 is 1.71 bits per heavy atom. The Morgan fingerprint density at radius 3 is 2.45 bits per heavy atom.